The first-order chi connectivity index (χ1) is 11.5. The van der Waals surface area contributed by atoms with Crippen molar-refractivity contribution in [1.29, 1.82) is 0 Å². The van der Waals surface area contributed by atoms with Crippen LogP contribution in [0.3, 0.4) is 0 Å². The van der Waals surface area contributed by atoms with E-state index in [0.29, 0.717) is 0 Å². The summed E-state index contributed by atoms with van der Waals surface area (Å²) in [7, 11) is -0.0555. The highest BCUT2D eigenvalue weighted by Gasteiger charge is 2.37. The molecule has 0 radical (unpaired) electrons. The Kier molecular flexibility index (Phi) is 3.65. The van der Waals surface area contributed by atoms with Crippen LogP contribution in [-0.2, 0) is 16.3 Å². The molecule has 0 unspecified atom stereocenters. The largest absolute Gasteiger partial charge is 0.347 e. The van der Waals surface area contributed by atoms with Crippen LogP contribution in [0.2, 0.25) is 0 Å². The summed E-state index contributed by atoms with van der Waals surface area (Å²) in [6, 6.07) is 26.5. The second-order valence-corrected chi connectivity index (χ2v) is 9.16. The van der Waals surface area contributed by atoms with E-state index in [1.165, 1.54) is 31.6 Å². The lowest BCUT2D eigenvalue weighted by molar-refractivity contribution is 0.589. The molecule has 0 amide bonds. The molecule has 1 nitrogen and oxygen atoms in total. The van der Waals surface area contributed by atoms with Crippen LogP contribution in [-0.4, -0.2) is 0 Å². The second kappa shape index (κ2) is 5.71. The van der Waals surface area contributed by atoms with E-state index in [2.05, 4.69) is 98.9 Å². The maximum Gasteiger partial charge on any atom is 0.190 e. The molecule has 3 aromatic carbocycles. The van der Waals surface area contributed by atoms with Gasteiger partial charge in [0.2, 0.25) is 0 Å². The number of fused-ring (bicyclic) bond motifs is 2. The van der Waals surface area contributed by atoms with Gasteiger partial charge in [0.05, 0.1) is 11.4 Å². The number of benzene rings is 3. The summed E-state index contributed by atoms with van der Waals surface area (Å²) in [6.45, 7) is 6.79. The van der Waals surface area contributed by atoms with Gasteiger partial charge in [-0.1, -0.05) is 57.2 Å². The smallest absolute Gasteiger partial charge is 0.190 e. The molecule has 3 aromatic rings. The van der Waals surface area contributed by atoms with Crippen molar-refractivity contribution in [1.82, 2.24) is 0 Å². The van der Waals surface area contributed by atoms with E-state index < -0.39 is 0 Å². The maximum absolute atomic E-state index is 3.58. The third kappa shape index (κ3) is 2.61. The van der Waals surface area contributed by atoms with Crippen LogP contribution in [0.1, 0.15) is 26.3 Å². The van der Waals surface area contributed by atoms with Crippen molar-refractivity contribution >= 4 is 22.3 Å². The van der Waals surface area contributed by atoms with Gasteiger partial charge in [-0.05, 0) is 47.4 Å². The molecule has 2 heteroatoms. The van der Waals surface area contributed by atoms with Gasteiger partial charge in [-0.2, -0.15) is 0 Å². The molecular formula is C22H22NS+. The first-order valence-corrected chi connectivity index (χ1v) is 9.56. The van der Waals surface area contributed by atoms with Crippen molar-refractivity contribution in [2.75, 3.05) is 5.32 Å². The van der Waals surface area contributed by atoms with E-state index in [0.717, 1.165) is 0 Å². The van der Waals surface area contributed by atoms with E-state index in [9.17, 15) is 0 Å². The number of para-hydroxylation sites is 2. The van der Waals surface area contributed by atoms with Gasteiger partial charge in [0.25, 0.3) is 0 Å². The van der Waals surface area contributed by atoms with Gasteiger partial charge in [-0.25, -0.2) is 0 Å². The summed E-state index contributed by atoms with van der Waals surface area (Å²) < 4.78 is 0. The monoisotopic (exact) mass is 332 g/mol. The third-order valence-electron chi connectivity index (χ3n) is 4.44. The van der Waals surface area contributed by atoms with Crippen LogP contribution in [0.5, 0.6) is 0 Å². The standard InChI is InChI=1S/C22H22NS/c1-22(2,3)16-12-14-17(15-13-16)24-20-10-6-4-8-18(20)23-19-9-5-7-11-21(19)24/h4-15,23H,1-3H3/q+1. The predicted octanol–water partition coefficient (Wildman–Crippen LogP) is 6.14. The lowest BCUT2D eigenvalue weighted by atomic mass is 9.87. The van der Waals surface area contributed by atoms with Gasteiger partial charge in [0, 0.05) is 0 Å². The average Bonchev–Trinajstić information content (AvgIpc) is 2.59. The average molecular weight is 332 g/mol. The fourth-order valence-electron chi connectivity index (χ4n) is 3.10. The molecule has 120 valence electrons. The molecule has 0 fully saturated rings. The highest BCUT2D eigenvalue weighted by atomic mass is 32.2. The summed E-state index contributed by atoms with van der Waals surface area (Å²) in [6.07, 6.45) is 0. The Morgan fingerprint density at radius 2 is 1.17 bits per heavy atom. The fourth-order valence-corrected chi connectivity index (χ4v) is 5.36. The van der Waals surface area contributed by atoms with E-state index >= 15 is 0 Å². The minimum absolute atomic E-state index is 0.0555. The lowest BCUT2D eigenvalue weighted by Gasteiger charge is -2.22. The number of rotatable bonds is 1. The minimum Gasteiger partial charge on any atom is -0.347 e. The Morgan fingerprint density at radius 3 is 1.67 bits per heavy atom. The van der Waals surface area contributed by atoms with Crippen molar-refractivity contribution in [2.24, 2.45) is 0 Å². The van der Waals surface area contributed by atoms with Crippen molar-refractivity contribution in [3.05, 3.63) is 78.4 Å². The van der Waals surface area contributed by atoms with Crippen LogP contribution in [0, 0.1) is 0 Å². The summed E-state index contributed by atoms with van der Waals surface area (Å²) in [5, 5.41) is 3.58. The van der Waals surface area contributed by atoms with Gasteiger partial charge in [0.15, 0.2) is 14.7 Å². The van der Waals surface area contributed by atoms with Gasteiger partial charge in [0.1, 0.15) is 10.9 Å². The van der Waals surface area contributed by atoms with Crippen LogP contribution in [0.4, 0.5) is 11.4 Å². The highest BCUT2D eigenvalue weighted by molar-refractivity contribution is 7.97. The van der Waals surface area contributed by atoms with Crippen LogP contribution in [0.25, 0.3) is 0 Å². The van der Waals surface area contributed by atoms with Gasteiger partial charge >= 0.3 is 0 Å². The zero-order valence-electron chi connectivity index (χ0n) is 14.3. The van der Waals surface area contributed by atoms with E-state index in [4.69, 9.17) is 0 Å². The summed E-state index contributed by atoms with van der Waals surface area (Å²) in [5.74, 6) is 0. The molecule has 0 saturated carbocycles. The SMILES string of the molecule is CC(C)(C)c1ccc([S+]2c3ccccc3Nc3ccccc32)cc1. The Balaban J connectivity index is 1.86. The normalized spacial score (nSPS) is 13.8. The number of anilines is 2. The molecule has 1 N–H and O–H groups in total. The zero-order valence-corrected chi connectivity index (χ0v) is 15.2. The molecule has 24 heavy (non-hydrogen) atoms. The summed E-state index contributed by atoms with van der Waals surface area (Å²) in [5.41, 5.74) is 4.01. The molecule has 4 rings (SSSR count). The minimum atomic E-state index is -0.0555. The molecule has 1 aliphatic rings. The zero-order chi connectivity index (χ0) is 16.7. The molecule has 0 saturated heterocycles. The van der Waals surface area contributed by atoms with E-state index in [-0.39, 0.29) is 16.3 Å². The Hall–Kier alpha value is -2.19. The predicted molar refractivity (Wildman–Crippen MR) is 103 cm³/mol. The molecule has 0 aromatic heterocycles. The molecule has 1 aliphatic heterocycles. The van der Waals surface area contributed by atoms with Crippen LogP contribution >= 0.6 is 0 Å². The van der Waals surface area contributed by atoms with Crippen molar-refractivity contribution < 1.29 is 0 Å². The maximum atomic E-state index is 3.58. The topological polar surface area (TPSA) is 12.0 Å². The third-order valence-corrected chi connectivity index (χ3v) is 6.77. The second-order valence-electron chi connectivity index (χ2n) is 7.20. The van der Waals surface area contributed by atoms with E-state index in [1.54, 1.807) is 0 Å². The van der Waals surface area contributed by atoms with Gasteiger partial charge in [-0.3, -0.25) is 0 Å². The Morgan fingerprint density at radius 1 is 0.667 bits per heavy atom. The quantitative estimate of drug-likeness (QED) is 0.413. The van der Waals surface area contributed by atoms with Crippen LogP contribution in [0.15, 0.2) is 87.5 Å². The molecule has 1 heterocycles. The molecule has 0 aliphatic carbocycles. The fraction of sp³-hybridized carbons (Fsp3) is 0.182. The van der Waals surface area contributed by atoms with Gasteiger partial charge < -0.3 is 5.32 Å². The van der Waals surface area contributed by atoms with E-state index in [1.807, 2.05) is 0 Å². The summed E-state index contributed by atoms with van der Waals surface area (Å²) >= 11 is 0. The van der Waals surface area contributed by atoms with Crippen molar-refractivity contribution in [3.8, 4) is 0 Å². The molecule has 0 bridgehead atoms. The Labute approximate surface area is 147 Å². The lowest BCUT2D eigenvalue weighted by Crippen LogP contribution is -2.15. The molecular weight excluding hydrogens is 310 g/mol. The highest BCUT2D eigenvalue weighted by Crippen LogP contribution is 2.44. The van der Waals surface area contributed by atoms with Crippen molar-refractivity contribution in [2.45, 2.75) is 40.9 Å². The molecule has 0 atom stereocenters. The first kappa shape index (κ1) is 15.3. The summed E-state index contributed by atoms with van der Waals surface area (Å²) in [4.78, 5) is 4.13. The number of hydrogen-bond donors (Lipinski definition) is 1. The first-order valence-electron chi connectivity index (χ1n) is 8.34. The van der Waals surface area contributed by atoms with Crippen LogP contribution < -0.4 is 5.32 Å². The Bertz CT molecular complexity index is 829. The van der Waals surface area contributed by atoms with Gasteiger partial charge in [-0.15, -0.1) is 0 Å². The van der Waals surface area contributed by atoms with Crippen molar-refractivity contribution in [3.63, 3.8) is 0 Å². The number of hydrogen-bond acceptors (Lipinski definition) is 1. The molecule has 0 spiro atoms. The number of nitrogens with one attached hydrogen (secondary N) is 1.